The lowest BCUT2D eigenvalue weighted by Gasteiger charge is -2.39. The van der Waals surface area contributed by atoms with Gasteiger partial charge in [0.15, 0.2) is 11.5 Å². The number of hydrogen-bond acceptors (Lipinski definition) is 6. The zero-order valence-corrected chi connectivity index (χ0v) is 18.3. The number of aromatic nitrogens is 2. The third kappa shape index (κ3) is 4.87. The molecule has 1 aliphatic carbocycles. The Kier molecular flexibility index (Phi) is 6.32. The van der Waals surface area contributed by atoms with E-state index in [9.17, 15) is 0 Å². The van der Waals surface area contributed by atoms with Crippen molar-refractivity contribution < 1.29 is 9.47 Å². The number of anilines is 1. The molecule has 2 aliphatic rings. The van der Waals surface area contributed by atoms with Crippen LogP contribution in [0.1, 0.15) is 31.2 Å². The number of hydrogen-bond donors (Lipinski definition) is 0. The van der Waals surface area contributed by atoms with Crippen LogP contribution in [-0.2, 0) is 6.54 Å². The lowest BCUT2D eigenvalue weighted by Crippen LogP contribution is -2.49. The highest BCUT2D eigenvalue weighted by molar-refractivity contribution is 6.33. The molecule has 0 bridgehead atoms. The van der Waals surface area contributed by atoms with Crippen LogP contribution in [0.4, 0.5) is 5.95 Å². The summed E-state index contributed by atoms with van der Waals surface area (Å²) >= 11 is 12.2. The largest absolute Gasteiger partial charge is 0.493 e. The van der Waals surface area contributed by atoms with E-state index in [4.69, 9.17) is 32.7 Å². The summed E-state index contributed by atoms with van der Waals surface area (Å²) in [4.78, 5) is 13.6. The van der Waals surface area contributed by atoms with Crippen molar-refractivity contribution in [3.05, 3.63) is 40.1 Å². The van der Waals surface area contributed by atoms with Crippen molar-refractivity contribution in [1.82, 2.24) is 14.9 Å². The van der Waals surface area contributed by atoms with Crippen LogP contribution < -0.4 is 14.4 Å². The van der Waals surface area contributed by atoms with Gasteiger partial charge in [-0.3, -0.25) is 4.90 Å². The minimum Gasteiger partial charge on any atom is -0.493 e. The van der Waals surface area contributed by atoms with Gasteiger partial charge in [-0.05, 0) is 43.4 Å². The van der Waals surface area contributed by atoms with Gasteiger partial charge in [0.05, 0.1) is 14.2 Å². The minimum absolute atomic E-state index is 0.381. The molecule has 1 aromatic carbocycles. The maximum atomic E-state index is 6.09. The summed E-state index contributed by atoms with van der Waals surface area (Å²) in [5.74, 6) is 2.15. The quantitative estimate of drug-likeness (QED) is 0.598. The average molecular weight is 437 g/mol. The van der Waals surface area contributed by atoms with Crippen molar-refractivity contribution in [1.29, 1.82) is 0 Å². The molecule has 6 nitrogen and oxygen atoms in total. The Bertz CT molecular complexity index is 842. The fourth-order valence-electron chi connectivity index (χ4n) is 4.08. The molecule has 0 amide bonds. The lowest BCUT2D eigenvalue weighted by atomic mass is 10.0. The highest BCUT2D eigenvalue weighted by atomic mass is 35.5. The van der Waals surface area contributed by atoms with Gasteiger partial charge >= 0.3 is 0 Å². The first-order valence-corrected chi connectivity index (χ1v) is 10.7. The summed E-state index contributed by atoms with van der Waals surface area (Å²) in [6, 6.07) is 8.82. The molecule has 1 saturated heterocycles. The van der Waals surface area contributed by atoms with E-state index in [2.05, 4.69) is 31.9 Å². The third-order valence-electron chi connectivity index (χ3n) is 5.63. The topological polar surface area (TPSA) is 50.7 Å². The second-order valence-corrected chi connectivity index (χ2v) is 8.42. The maximum absolute atomic E-state index is 6.09. The molecule has 0 radical (unpaired) electrons. The molecule has 4 rings (SSSR count). The molecule has 2 aromatic rings. The van der Waals surface area contributed by atoms with Gasteiger partial charge in [0.25, 0.3) is 0 Å². The number of methoxy groups -OCH3 is 2. The van der Waals surface area contributed by atoms with Crippen molar-refractivity contribution in [2.45, 2.75) is 44.3 Å². The van der Waals surface area contributed by atoms with Crippen molar-refractivity contribution in [3.8, 4) is 11.5 Å². The highest BCUT2D eigenvalue weighted by Gasteiger charge is 2.36. The monoisotopic (exact) mass is 436 g/mol. The number of piperidine rings is 1. The van der Waals surface area contributed by atoms with Gasteiger partial charge in [-0.15, -0.1) is 0 Å². The average Bonchev–Trinajstić information content (AvgIpc) is 3.56. The summed E-state index contributed by atoms with van der Waals surface area (Å²) in [5, 5.41) is 0.762. The standard InChI is InChI=1S/C21H26Cl2N4O2/c1-28-17-8-5-14(10-18(17)29-2)12-27(15-6-7-15)16-4-3-9-26(13-16)21-24-19(22)11-20(23)25-21/h5,8,10-11,15-16H,3-4,6-7,9,12-13H2,1-2H3/t16-/m1/s1. The fraction of sp³-hybridized carbons (Fsp3) is 0.524. The molecule has 0 spiro atoms. The van der Waals surface area contributed by atoms with E-state index in [0.29, 0.717) is 28.3 Å². The van der Waals surface area contributed by atoms with Gasteiger partial charge in [-0.1, -0.05) is 29.3 Å². The highest BCUT2D eigenvalue weighted by Crippen LogP contribution is 2.35. The Morgan fingerprint density at radius 2 is 1.72 bits per heavy atom. The Balaban J connectivity index is 1.51. The normalized spacial score (nSPS) is 19.5. The van der Waals surface area contributed by atoms with Crippen LogP contribution >= 0.6 is 23.2 Å². The molecule has 1 aliphatic heterocycles. The molecule has 0 unspecified atom stereocenters. The van der Waals surface area contributed by atoms with Crippen molar-refractivity contribution in [2.75, 3.05) is 32.2 Å². The van der Waals surface area contributed by atoms with Crippen molar-refractivity contribution in [2.24, 2.45) is 0 Å². The van der Waals surface area contributed by atoms with Crippen molar-refractivity contribution >= 4 is 29.2 Å². The predicted molar refractivity (Wildman–Crippen MR) is 115 cm³/mol. The van der Waals surface area contributed by atoms with Crippen LogP contribution in [-0.4, -0.2) is 54.3 Å². The lowest BCUT2D eigenvalue weighted by molar-refractivity contribution is 0.157. The van der Waals surface area contributed by atoms with Gasteiger partial charge < -0.3 is 14.4 Å². The molecule has 156 valence electrons. The van der Waals surface area contributed by atoms with E-state index in [0.717, 1.165) is 44.0 Å². The van der Waals surface area contributed by atoms with Gasteiger partial charge in [0.1, 0.15) is 10.3 Å². The number of nitrogens with zero attached hydrogens (tertiary/aromatic N) is 4. The zero-order chi connectivity index (χ0) is 20.4. The summed E-state index contributed by atoms with van der Waals surface area (Å²) in [5.41, 5.74) is 1.23. The molecule has 2 fully saturated rings. The van der Waals surface area contributed by atoms with Crippen LogP contribution in [0.2, 0.25) is 10.3 Å². The first-order valence-electron chi connectivity index (χ1n) is 9.99. The molecule has 1 saturated carbocycles. The third-order valence-corrected chi connectivity index (χ3v) is 6.02. The Labute approximate surface area is 181 Å². The van der Waals surface area contributed by atoms with E-state index in [-0.39, 0.29) is 0 Å². The van der Waals surface area contributed by atoms with Crippen molar-refractivity contribution in [3.63, 3.8) is 0 Å². The second kappa shape index (κ2) is 8.94. The van der Waals surface area contributed by atoms with Gasteiger partial charge in [-0.25, -0.2) is 9.97 Å². The fourth-order valence-corrected chi connectivity index (χ4v) is 4.49. The first-order chi connectivity index (χ1) is 14.1. The summed E-state index contributed by atoms with van der Waals surface area (Å²) in [6.07, 6.45) is 4.76. The molecular weight excluding hydrogens is 411 g/mol. The maximum Gasteiger partial charge on any atom is 0.228 e. The number of ether oxygens (including phenoxy) is 2. The SMILES string of the molecule is COc1ccc(CN(C2CC2)[C@@H]2CCCN(c3nc(Cl)cc(Cl)n3)C2)cc1OC. The predicted octanol–water partition coefficient (Wildman–Crippen LogP) is 4.43. The summed E-state index contributed by atoms with van der Waals surface area (Å²) in [6.45, 7) is 2.68. The van der Waals surface area contributed by atoms with E-state index < -0.39 is 0 Å². The number of benzene rings is 1. The Morgan fingerprint density at radius 3 is 2.38 bits per heavy atom. The Morgan fingerprint density at radius 1 is 1.00 bits per heavy atom. The van der Waals surface area contributed by atoms with E-state index in [1.807, 2.05) is 6.07 Å². The van der Waals surface area contributed by atoms with Crippen LogP contribution in [0.25, 0.3) is 0 Å². The molecule has 29 heavy (non-hydrogen) atoms. The minimum atomic E-state index is 0.381. The molecule has 0 N–H and O–H groups in total. The Hall–Kier alpha value is -1.76. The second-order valence-electron chi connectivity index (χ2n) is 7.65. The molecule has 2 heterocycles. The van der Waals surface area contributed by atoms with E-state index in [1.165, 1.54) is 18.4 Å². The van der Waals surface area contributed by atoms with E-state index >= 15 is 0 Å². The number of halogens is 2. The first kappa shape index (κ1) is 20.5. The van der Waals surface area contributed by atoms with Gasteiger partial charge in [0.2, 0.25) is 5.95 Å². The van der Waals surface area contributed by atoms with Crippen LogP contribution in [0, 0.1) is 0 Å². The zero-order valence-electron chi connectivity index (χ0n) is 16.8. The van der Waals surface area contributed by atoms with Crippen LogP contribution in [0.15, 0.2) is 24.3 Å². The molecule has 1 atom stereocenters. The molecule has 8 heteroatoms. The van der Waals surface area contributed by atoms with E-state index in [1.54, 1.807) is 20.3 Å². The summed E-state index contributed by atoms with van der Waals surface area (Å²) < 4.78 is 10.9. The van der Waals surface area contributed by atoms with Crippen LogP contribution in [0.3, 0.4) is 0 Å². The molecular formula is C21H26Cl2N4O2. The number of rotatable bonds is 7. The van der Waals surface area contributed by atoms with Gasteiger partial charge in [0, 0.05) is 37.8 Å². The molecule has 1 aromatic heterocycles. The van der Waals surface area contributed by atoms with Crippen LogP contribution in [0.5, 0.6) is 11.5 Å². The smallest absolute Gasteiger partial charge is 0.228 e. The summed E-state index contributed by atoms with van der Waals surface area (Å²) in [7, 11) is 3.34. The van der Waals surface area contributed by atoms with Gasteiger partial charge in [-0.2, -0.15) is 0 Å².